The zero-order chi connectivity index (χ0) is 21.7. The van der Waals surface area contributed by atoms with E-state index in [1.807, 2.05) is 31.2 Å². The van der Waals surface area contributed by atoms with E-state index in [0.717, 1.165) is 11.3 Å². The van der Waals surface area contributed by atoms with Crippen molar-refractivity contribution >= 4 is 33.2 Å². The Labute approximate surface area is 181 Å². The lowest BCUT2D eigenvalue weighted by Crippen LogP contribution is -2.47. The van der Waals surface area contributed by atoms with E-state index in [-0.39, 0.29) is 18.5 Å². The largest absolute Gasteiger partial charge is 0.494 e. The predicted molar refractivity (Wildman–Crippen MR) is 116 cm³/mol. The van der Waals surface area contributed by atoms with E-state index in [1.165, 1.54) is 0 Å². The van der Waals surface area contributed by atoms with Crippen LogP contribution in [0.2, 0.25) is 5.02 Å². The topological polar surface area (TPSA) is 109 Å². The highest BCUT2D eigenvalue weighted by molar-refractivity contribution is 7.93. The van der Waals surface area contributed by atoms with Crippen molar-refractivity contribution in [3.05, 3.63) is 59.1 Å². The molecule has 30 heavy (non-hydrogen) atoms. The van der Waals surface area contributed by atoms with Crippen LogP contribution in [0.5, 0.6) is 5.75 Å². The quantitative estimate of drug-likeness (QED) is 0.489. The van der Waals surface area contributed by atoms with Crippen molar-refractivity contribution < 1.29 is 17.9 Å². The van der Waals surface area contributed by atoms with Crippen LogP contribution in [0.15, 0.2) is 48.5 Å². The van der Waals surface area contributed by atoms with Crippen LogP contribution < -0.4 is 25.6 Å². The summed E-state index contributed by atoms with van der Waals surface area (Å²) in [4.78, 5) is 12.8. The van der Waals surface area contributed by atoms with Gasteiger partial charge >= 0.3 is 0 Å². The third-order valence-corrected chi connectivity index (χ3v) is 6.61. The molecule has 10 heteroatoms. The molecule has 0 radical (unpaired) electrons. The number of hydrogen-bond donors (Lipinski definition) is 4. The summed E-state index contributed by atoms with van der Waals surface area (Å²) >= 11 is 5.84. The number of amides is 1. The number of sulfonamides is 1. The number of carbonyl (C=O) groups is 1. The number of benzene rings is 2. The molecule has 0 saturated carbocycles. The van der Waals surface area contributed by atoms with E-state index < -0.39 is 21.3 Å². The van der Waals surface area contributed by atoms with Crippen molar-refractivity contribution in [3.8, 4) is 5.75 Å². The third-order valence-electron chi connectivity index (χ3n) is 4.76. The van der Waals surface area contributed by atoms with Crippen molar-refractivity contribution in [2.45, 2.75) is 31.8 Å². The maximum absolute atomic E-state index is 12.9. The highest BCUT2D eigenvalue weighted by atomic mass is 35.5. The molecular formula is C20H25ClN4O4S. The SMILES string of the molecule is CCOc1ccc(CNC(=O)C2C(C)NNC2S(=O)(=O)Nc2ccc(Cl)cc2)cc1. The van der Waals surface area contributed by atoms with Crippen molar-refractivity contribution in [2.75, 3.05) is 11.3 Å². The van der Waals surface area contributed by atoms with Gasteiger partial charge < -0.3 is 10.1 Å². The minimum atomic E-state index is -3.89. The molecule has 0 bridgehead atoms. The summed E-state index contributed by atoms with van der Waals surface area (Å²) in [6.45, 7) is 4.53. The highest BCUT2D eigenvalue weighted by Crippen LogP contribution is 2.23. The second kappa shape index (κ2) is 9.65. The highest BCUT2D eigenvalue weighted by Gasteiger charge is 2.45. The molecule has 1 saturated heterocycles. The lowest BCUT2D eigenvalue weighted by Gasteiger charge is -2.21. The molecule has 2 aromatic rings. The van der Waals surface area contributed by atoms with Crippen LogP contribution >= 0.6 is 11.6 Å². The summed E-state index contributed by atoms with van der Waals surface area (Å²) in [5, 5.41) is 2.19. The molecule has 1 fully saturated rings. The fraction of sp³-hybridized carbons (Fsp3) is 0.350. The van der Waals surface area contributed by atoms with Gasteiger partial charge in [-0.05, 0) is 55.8 Å². The van der Waals surface area contributed by atoms with Crippen molar-refractivity contribution in [2.24, 2.45) is 5.92 Å². The molecule has 4 N–H and O–H groups in total. The second-order valence-electron chi connectivity index (χ2n) is 6.97. The van der Waals surface area contributed by atoms with Crippen LogP contribution in [0, 0.1) is 5.92 Å². The Kier molecular flexibility index (Phi) is 7.19. The molecule has 1 heterocycles. The maximum atomic E-state index is 12.9. The minimum absolute atomic E-state index is 0.284. The molecule has 2 aromatic carbocycles. The summed E-state index contributed by atoms with van der Waals surface area (Å²) in [6, 6.07) is 13.3. The lowest BCUT2D eigenvalue weighted by atomic mass is 10.0. The zero-order valence-corrected chi connectivity index (χ0v) is 18.3. The number of hydrogen-bond acceptors (Lipinski definition) is 6. The molecule has 1 amide bonds. The van der Waals surface area contributed by atoms with Gasteiger partial charge in [-0.2, -0.15) is 0 Å². The summed E-state index contributed by atoms with van der Waals surface area (Å²) < 4.78 is 33.7. The summed E-state index contributed by atoms with van der Waals surface area (Å²) in [6.07, 6.45) is 0. The summed E-state index contributed by atoms with van der Waals surface area (Å²) in [5.74, 6) is -0.428. The van der Waals surface area contributed by atoms with Crippen molar-refractivity contribution in [1.82, 2.24) is 16.2 Å². The number of anilines is 1. The monoisotopic (exact) mass is 452 g/mol. The Hall–Kier alpha value is -2.33. The van der Waals surface area contributed by atoms with Crippen LogP contribution in [0.1, 0.15) is 19.4 Å². The van der Waals surface area contributed by atoms with Gasteiger partial charge in [0.25, 0.3) is 10.0 Å². The Balaban J connectivity index is 1.66. The molecule has 162 valence electrons. The summed E-state index contributed by atoms with van der Waals surface area (Å²) in [5.41, 5.74) is 6.83. The van der Waals surface area contributed by atoms with Crippen molar-refractivity contribution in [1.29, 1.82) is 0 Å². The first-order chi connectivity index (χ1) is 14.3. The molecule has 3 rings (SSSR count). The molecule has 3 atom stereocenters. The minimum Gasteiger partial charge on any atom is -0.494 e. The molecule has 1 aliphatic heterocycles. The number of nitrogens with one attached hydrogen (secondary N) is 4. The van der Waals surface area contributed by atoms with E-state index in [4.69, 9.17) is 16.3 Å². The van der Waals surface area contributed by atoms with Gasteiger partial charge in [-0.3, -0.25) is 14.9 Å². The van der Waals surface area contributed by atoms with Gasteiger partial charge in [0.2, 0.25) is 5.91 Å². The fourth-order valence-electron chi connectivity index (χ4n) is 3.21. The molecule has 1 aliphatic rings. The second-order valence-corrected chi connectivity index (χ2v) is 9.21. The zero-order valence-electron chi connectivity index (χ0n) is 16.7. The number of ether oxygens (including phenoxy) is 1. The van der Waals surface area contributed by atoms with E-state index in [1.54, 1.807) is 31.2 Å². The van der Waals surface area contributed by atoms with Crippen LogP contribution in [-0.4, -0.2) is 32.3 Å². The van der Waals surface area contributed by atoms with Gasteiger partial charge in [0, 0.05) is 23.3 Å². The lowest BCUT2D eigenvalue weighted by molar-refractivity contribution is -0.125. The van der Waals surface area contributed by atoms with E-state index in [2.05, 4.69) is 20.9 Å². The van der Waals surface area contributed by atoms with Crippen LogP contribution in [0.4, 0.5) is 5.69 Å². The number of rotatable bonds is 8. The number of hydrazine groups is 1. The fourth-order valence-corrected chi connectivity index (χ4v) is 4.90. The van der Waals surface area contributed by atoms with Gasteiger partial charge in [-0.25, -0.2) is 13.8 Å². The molecule has 0 aromatic heterocycles. The van der Waals surface area contributed by atoms with Gasteiger partial charge in [0.15, 0.2) is 5.37 Å². The van der Waals surface area contributed by atoms with Crippen LogP contribution in [0.3, 0.4) is 0 Å². The van der Waals surface area contributed by atoms with E-state index in [0.29, 0.717) is 17.3 Å². The van der Waals surface area contributed by atoms with Crippen LogP contribution in [-0.2, 0) is 21.4 Å². The molecule has 0 aliphatic carbocycles. The smallest absolute Gasteiger partial charge is 0.250 e. The van der Waals surface area contributed by atoms with Gasteiger partial charge in [-0.1, -0.05) is 23.7 Å². The molecule has 8 nitrogen and oxygen atoms in total. The first kappa shape index (κ1) is 22.4. The van der Waals surface area contributed by atoms with Crippen LogP contribution in [0.25, 0.3) is 0 Å². The first-order valence-electron chi connectivity index (χ1n) is 9.58. The average molecular weight is 453 g/mol. The third kappa shape index (κ3) is 5.42. The molecular weight excluding hydrogens is 428 g/mol. The Bertz CT molecular complexity index is 967. The Morgan fingerprint density at radius 1 is 1.10 bits per heavy atom. The number of carbonyl (C=O) groups excluding carboxylic acids is 1. The first-order valence-corrected chi connectivity index (χ1v) is 11.5. The van der Waals surface area contributed by atoms with Crippen molar-refractivity contribution in [3.63, 3.8) is 0 Å². The van der Waals surface area contributed by atoms with E-state index in [9.17, 15) is 13.2 Å². The predicted octanol–water partition coefficient (Wildman–Crippen LogP) is 2.24. The van der Waals surface area contributed by atoms with Gasteiger partial charge in [-0.15, -0.1) is 0 Å². The average Bonchev–Trinajstić information content (AvgIpc) is 3.12. The normalized spacial score (nSPS) is 21.2. The Morgan fingerprint density at radius 2 is 1.77 bits per heavy atom. The molecule has 3 unspecified atom stereocenters. The standard InChI is InChI=1S/C20H25ClN4O4S/c1-3-29-17-10-4-14(5-11-17)12-22-19(26)18-13(2)23-24-20(18)30(27,28)25-16-8-6-15(21)7-9-16/h4-11,13,18,20,23-25H,3,12H2,1-2H3,(H,22,26). The summed E-state index contributed by atoms with van der Waals surface area (Å²) in [7, 11) is -3.89. The van der Waals surface area contributed by atoms with Gasteiger partial charge in [0.1, 0.15) is 5.75 Å². The van der Waals surface area contributed by atoms with E-state index >= 15 is 0 Å². The number of halogens is 1. The molecule has 0 spiro atoms. The van der Waals surface area contributed by atoms with Gasteiger partial charge in [0.05, 0.1) is 12.5 Å². The maximum Gasteiger partial charge on any atom is 0.250 e. The Morgan fingerprint density at radius 3 is 2.40 bits per heavy atom.